The lowest BCUT2D eigenvalue weighted by molar-refractivity contribution is 0.0228. The Morgan fingerprint density at radius 1 is 1.21 bits per heavy atom. The molecule has 0 aromatic heterocycles. The lowest BCUT2D eigenvalue weighted by Gasteiger charge is -2.17. The highest BCUT2D eigenvalue weighted by Gasteiger charge is 2.20. The van der Waals surface area contributed by atoms with Crippen LogP contribution >= 0.6 is 0 Å². The average Bonchev–Trinajstić information content (AvgIpc) is 2.19. The molecule has 5 heteroatoms. The van der Waals surface area contributed by atoms with Crippen molar-refractivity contribution in [2.24, 2.45) is 5.73 Å². The summed E-state index contributed by atoms with van der Waals surface area (Å²) >= 11 is 0. The number of aromatic hydroxyl groups is 2. The van der Waals surface area contributed by atoms with E-state index < -0.39 is 12.2 Å². The van der Waals surface area contributed by atoms with Crippen molar-refractivity contribution in [2.45, 2.75) is 12.2 Å². The molecule has 0 radical (unpaired) electrons. The molecule has 2 unspecified atom stereocenters. The Hall–Kier alpha value is -1.30. The average molecular weight is 199 g/mol. The van der Waals surface area contributed by atoms with Crippen LogP contribution in [0, 0.1) is 0 Å². The van der Waals surface area contributed by atoms with E-state index in [4.69, 9.17) is 10.8 Å². The Morgan fingerprint density at radius 2 is 1.86 bits per heavy atom. The van der Waals surface area contributed by atoms with Gasteiger partial charge in [0.2, 0.25) is 0 Å². The summed E-state index contributed by atoms with van der Waals surface area (Å²) in [6.07, 6.45) is -2.46. The Bertz CT molecular complexity index is 316. The summed E-state index contributed by atoms with van der Waals surface area (Å²) in [5.74, 6) is -0.288. The quantitative estimate of drug-likeness (QED) is 0.420. The first kappa shape index (κ1) is 10.8. The molecule has 6 N–H and O–H groups in total. The lowest BCUT2D eigenvalue weighted by atomic mass is 10.0. The number of aliphatic hydroxyl groups excluding tert-OH is 2. The van der Waals surface area contributed by atoms with Crippen LogP contribution < -0.4 is 5.73 Å². The number of benzene rings is 1. The van der Waals surface area contributed by atoms with E-state index in [9.17, 15) is 15.3 Å². The van der Waals surface area contributed by atoms with E-state index in [0.717, 1.165) is 0 Å². The Balaban J connectivity index is 2.99. The van der Waals surface area contributed by atoms with Crippen molar-refractivity contribution in [1.29, 1.82) is 0 Å². The monoisotopic (exact) mass is 199 g/mol. The molecule has 1 aromatic carbocycles. The molecule has 78 valence electrons. The number of hydrogen-bond donors (Lipinski definition) is 5. The molecule has 0 spiro atoms. The molecule has 0 aliphatic heterocycles. The third-order valence-electron chi connectivity index (χ3n) is 1.94. The molecule has 0 aliphatic carbocycles. The van der Waals surface area contributed by atoms with E-state index in [1.165, 1.54) is 18.2 Å². The summed E-state index contributed by atoms with van der Waals surface area (Å²) < 4.78 is 0. The predicted octanol–water partition coefficient (Wildman–Crippen LogP) is -0.549. The van der Waals surface area contributed by atoms with Crippen LogP contribution in [0.15, 0.2) is 18.2 Å². The smallest absolute Gasteiger partial charge is 0.121 e. The number of phenolic OH excluding ortho intramolecular Hbond substituents is 2. The summed E-state index contributed by atoms with van der Waals surface area (Å²) in [5.41, 5.74) is 5.20. The third-order valence-corrected chi connectivity index (χ3v) is 1.94. The van der Waals surface area contributed by atoms with Crippen LogP contribution in [0.5, 0.6) is 11.5 Å². The van der Waals surface area contributed by atoms with Gasteiger partial charge in [0.25, 0.3) is 0 Å². The highest BCUT2D eigenvalue weighted by atomic mass is 16.3. The molecule has 0 amide bonds. The van der Waals surface area contributed by atoms with Gasteiger partial charge in [-0.25, -0.2) is 0 Å². The third kappa shape index (κ3) is 2.14. The zero-order chi connectivity index (χ0) is 10.7. The van der Waals surface area contributed by atoms with Crippen molar-refractivity contribution in [2.75, 3.05) is 6.54 Å². The van der Waals surface area contributed by atoms with Gasteiger partial charge in [0.05, 0.1) is 6.10 Å². The summed E-state index contributed by atoms with van der Waals surface area (Å²) in [6.45, 7) is -0.129. The van der Waals surface area contributed by atoms with Crippen molar-refractivity contribution >= 4 is 0 Å². The van der Waals surface area contributed by atoms with Crippen LogP contribution in [0.3, 0.4) is 0 Å². The van der Waals surface area contributed by atoms with E-state index in [0.29, 0.717) is 0 Å². The van der Waals surface area contributed by atoms with Gasteiger partial charge in [-0.15, -0.1) is 0 Å². The fourth-order valence-corrected chi connectivity index (χ4v) is 1.11. The zero-order valence-electron chi connectivity index (χ0n) is 7.46. The van der Waals surface area contributed by atoms with Gasteiger partial charge in [-0.3, -0.25) is 0 Å². The topological polar surface area (TPSA) is 107 Å². The van der Waals surface area contributed by atoms with Crippen molar-refractivity contribution in [3.63, 3.8) is 0 Å². The maximum absolute atomic E-state index is 9.49. The van der Waals surface area contributed by atoms with Crippen LogP contribution in [0.4, 0.5) is 0 Å². The molecule has 0 saturated heterocycles. The second-order valence-electron chi connectivity index (χ2n) is 2.99. The van der Waals surface area contributed by atoms with Crippen molar-refractivity contribution in [1.82, 2.24) is 0 Å². The first-order valence-corrected chi connectivity index (χ1v) is 4.14. The maximum atomic E-state index is 9.49. The highest BCUT2D eigenvalue weighted by Crippen LogP contribution is 2.29. The molecule has 1 aromatic rings. The van der Waals surface area contributed by atoms with Gasteiger partial charge in [-0.2, -0.15) is 0 Å². The molecule has 0 aliphatic rings. The van der Waals surface area contributed by atoms with E-state index >= 15 is 0 Å². The largest absolute Gasteiger partial charge is 0.508 e. The summed E-state index contributed by atoms with van der Waals surface area (Å²) in [4.78, 5) is 0. The minimum atomic E-state index is -1.30. The second kappa shape index (κ2) is 4.28. The molecule has 1 rings (SSSR count). The van der Waals surface area contributed by atoms with Crippen molar-refractivity contribution < 1.29 is 20.4 Å². The summed E-state index contributed by atoms with van der Waals surface area (Å²) in [5, 5.41) is 37.2. The van der Waals surface area contributed by atoms with E-state index in [-0.39, 0.29) is 23.6 Å². The van der Waals surface area contributed by atoms with Gasteiger partial charge < -0.3 is 26.2 Å². The van der Waals surface area contributed by atoms with Crippen molar-refractivity contribution in [3.05, 3.63) is 23.8 Å². The van der Waals surface area contributed by atoms with Crippen LogP contribution in [0.1, 0.15) is 11.7 Å². The highest BCUT2D eigenvalue weighted by molar-refractivity contribution is 5.40. The zero-order valence-corrected chi connectivity index (χ0v) is 7.46. The maximum Gasteiger partial charge on any atom is 0.121 e. The lowest BCUT2D eigenvalue weighted by Crippen LogP contribution is -2.27. The van der Waals surface area contributed by atoms with Crippen LogP contribution in [-0.4, -0.2) is 33.1 Å². The Kier molecular flexibility index (Phi) is 3.29. The number of phenols is 2. The molecule has 2 atom stereocenters. The minimum Gasteiger partial charge on any atom is -0.508 e. The normalized spacial score (nSPS) is 15.1. The molecule has 5 nitrogen and oxygen atoms in total. The minimum absolute atomic E-state index is 0.0583. The molecular weight excluding hydrogens is 186 g/mol. The fourth-order valence-electron chi connectivity index (χ4n) is 1.11. The van der Waals surface area contributed by atoms with Crippen molar-refractivity contribution in [3.8, 4) is 11.5 Å². The molecule has 0 saturated carbocycles. The fraction of sp³-hybridized carbons (Fsp3) is 0.333. The van der Waals surface area contributed by atoms with Gasteiger partial charge in [0.15, 0.2) is 0 Å². The van der Waals surface area contributed by atoms with E-state index in [2.05, 4.69) is 0 Å². The predicted molar refractivity (Wildman–Crippen MR) is 49.8 cm³/mol. The summed E-state index contributed by atoms with van der Waals surface area (Å²) in [7, 11) is 0. The van der Waals surface area contributed by atoms with Crippen LogP contribution in [-0.2, 0) is 0 Å². The number of aliphatic hydroxyl groups is 2. The van der Waals surface area contributed by atoms with E-state index in [1.807, 2.05) is 0 Å². The second-order valence-corrected chi connectivity index (χ2v) is 2.99. The van der Waals surface area contributed by atoms with Gasteiger partial charge in [-0.05, 0) is 18.2 Å². The number of rotatable bonds is 3. The van der Waals surface area contributed by atoms with Crippen LogP contribution in [0.25, 0.3) is 0 Å². The number of hydrogen-bond acceptors (Lipinski definition) is 5. The summed E-state index contributed by atoms with van der Waals surface area (Å²) in [6, 6.07) is 3.69. The first-order chi connectivity index (χ1) is 6.56. The molecule has 0 heterocycles. The molecular formula is C9H13NO4. The van der Waals surface area contributed by atoms with Gasteiger partial charge in [0.1, 0.15) is 17.6 Å². The van der Waals surface area contributed by atoms with Crippen LogP contribution in [0.2, 0.25) is 0 Å². The van der Waals surface area contributed by atoms with Gasteiger partial charge >= 0.3 is 0 Å². The molecule has 0 fully saturated rings. The SMILES string of the molecule is NCC(O)C(O)c1cc(O)ccc1O. The standard InChI is InChI=1S/C9H13NO4/c10-4-8(13)9(14)6-3-5(11)1-2-7(6)12/h1-3,8-9,11-14H,4,10H2. The Morgan fingerprint density at radius 3 is 2.43 bits per heavy atom. The Labute approximate surface area is 81.0 Å². The molecule has 14 heavy (non-hydrogen) atoms. The van der Waals surface area contributed by atoms with Gasteiger partial charge in [-0.1, -0.05) is 0 Å². The van der Waals surface area contributed by atoms with Gasteiger partial charge in [0, 0.05) is 12.1 Å². The molecule has 0 bridgehead atoms. The first-order valence-electron chi connectivity index (χ1n) is 4.14. The van der Waals surface area contributed by atoms with E-state index in [1.54, 1.807) is 0 Å². The number of nitrogens with two attached hydrogens (primary N) is 1.